The summed E-state index contributed by atoms with van der Waals surface area (Å²) in [7, 11) is -2.88. The van der Waals surface area contributed by atoms with Gasteiger partial charge in [0.25, 0.3) is 0 Å². The maximum absolute atomic E-state index is 13.1. The van der Waals surface area contributed by atoms with Crippen LogP contribution in [0, 0.1) is 0 Å². The Kier molecular flexibility index (Phi) is 8.53. The summed E-state index contributed by atoms with van der Waals surface area (Å²) >= 11 is 1.24. The second-order valence-corrected chi connectivity index (χ2v) is 7.59. The molecule has 1 aromatic carbocycles. The van der Waals surface area contributed by atoms with Gasteiger partial charge in [-0.1, -0.05) is 5.16 Å². The predicted molar refractivity (Wildman–Crippen MR) is 89.5 cm³/mol. The minimum Gasteiger partial charge on any atom is -0.497 e. The molecule has 0 aliphatic rings. The van der Waals surface area contributed by atoms with Gasteiger partial charge in [-0.2, -0.15) is 33.4 Å². The van der Waals surface area contributed by atoms with E-state index in [0.717, 1.165) is 12.1 Å². The predicted octanol–water partition coefficient (Wildman–Crippen LogP) is 2.42. The van der Waals surface area contributed by atoms with Gasteiger partial charge < -0.3 is 9.84 Å². The molecule has 1 aromatic rings. The molecule has 0 spiro atoms. The molecule has 0 bridgehead atoms. The lowest BCUT2D eigenvalue weighted by Gasteiger charge is -2.11. The first-order chi connectivity index (χ1) is 11.7. The van der Waals surface area contributed by atoms with E-state index in [4.69, 9.17) is 9.84 Å². The second-order valence-electron chi connectivity index (χ2n) is 4.69. The van der Waals surface area contributed by atoms with E-state index in [2.05, 4.69) is 9.44 Å². The highest BCUT2D eigenvalue weighted by atomic mass is 32.2. The van der Waals surface area contributed by atoms with Gasteiger partial charge in [0, 0.05) is 17.9 Å². The van der Waals surface area contributed by atoms with Crippen LogP contribution in [0.4, 0.5) is 13.2 Å². The summed E-state index contributed by atoms with van der Waals surface area (Å²) in [4.78, 5) is 0. The number of benzene rings is 1. The average molecular weight is 401 g/mol. The summed E-state index contributed by atoms with van der Waals surface area (Å²) < 4.78 is 71.6. The summed E-state index contributed by atoms with van der Waals surface area (Å²) in [5.74, 6) is 0.524. The molecule has 0 fully saturated rings. The molecule has 0 atom stereocenters. The molecule has 0 aromatic heterocycles. The van der Waals surface area contributed by atoms with E-state index in [1.807, 2.05) is 0 Å². The van der Waals surface area contributed by atoms with E-state index in [1.54, 1.807) is 0 Å². The zero-order valence-corrected chi connectivity index (χ0v) is 15.0. The number of nitrogens with zero attached hydrogens (tertiary/aromatic N) is 1. The number of hydrogen-bond acceptors (Lipinski definition) is 7. The molecular weight excluding hydrogens is 383 g/mol. The van der Waals surface area contributed by atoms with Crippen molar-refractivity contribution in [1.29, 1.82) is 0 Å². The van der Waals surface area contributed by atoms with E-state index in [0.29, 0.717) is 17.9 Å². The Morgan fingerprint density at radius 1 is 1.24 bits per heavy atom. The molecule has 0 unspecified atom stereocenters. The third-order valence-corrected chi connectivity index (χ3v) is 5.13. The first-order valence-corrected chi connectivity index (χ1v) is 9.82. The van der Waals surface area contributed by atoms with Crippen LogP contribution in [0.1, 0.15) is 12.0 Å². The Balaban J connectivity index is 2.82. The summed E-state index contributed by atoms with van der Waals surface area (Å²) in [6, 6.07) is 4.80. The van der Waals surface area contributed by atoms with Gasteiger partial charge in [0.05, 0.1) is 12.9 Å². The van der Waals surface area contributed by atoms with E-state index >= 15 is 0 Å². The summed E-state index contributed by atoms with van der Waals surface area (Å²) in [5.41, 5.74) is -1.80. The number of methoxy groups -OCH3 is 1. The van der Waals surface area contributed by atoms with Gasteiger partial charge in [-0.3, -0.25) is 4.28 Å². The Bertz CT molecular complexity index is 660. The number of ether oxygens (including phenoxy) is 1. The molecule has 1 N–H and O–H groups in total. The zero-order chi connectivity index (χ0) is 18.9. The number of aliphatic hydroxyl groups excluding tert-OH is 1. The van der Waals surface area contributed by atoms with Gasteiger partial charge in [0.15, 0.2) is 5.71 Å². The van der Waals surface area contributed by atoms with E-state index in [-0.39, 0.29) is 17.9 Å². The number of halogens is 3. The van der Waals surface area contributed by atoms with Gasteiger partial charge in [0.1, 0.15) is 5.75 Å². The van der Waals surface area contributed by atoms with Crippen LogP contribution in [0.15, 0.2) is 29.4 Å². The van der Waals surface area contributed by atoms with Crippen LogP contribution in [0.2, 0.25) is 0 Å². The Hall–Kier alpha value is -1.46. The molecule has 142 valence electrons. The van der Waals surface area contributed by atoms with Crippen LogP contribution in [-0.4, -0.2) is 56.4 Å². The fourth-order valence-electron chi connectivity index (χ4n) is 1.58. The van der Waals surface area contributed by atoms with Crippen LogP contribution in [0.25, 0.3) is 0 Å². The Morgan fingerprint density at radius 2 is 1.88 bits per heavy atom. The number of rotatable bonds is 10. The molecule has 6 nitrogen and oxygen atoms in total. The molecular formula is C14H18F3NO5S2. The lowest BCUT2D eigenvalue weighted by Crippen LogP contribution is -2.25. The fourth-order valence-corrected chi connectivity index (χ4v) is 3.67. The fraction of sp³-hybridized carbons (Fsp3) is 0.500. The Morgan fingerprint density at radius 3 is 2.40 bits per heavy atom. The van der Waals surface area contributed by atoms with Crippen LogP contribution < -0.4 is 4.74 Å². The highest BCUT2D eigenvalue weighted by molar-refractivity contribution is 8.00. The molecule has 11 heteroatoms. The minimum absolute atomic E-state index is 0.0165. The SMILES string of the molecule is COc1ccc(C(=NOS(=O)(=O)CCSCCCO)C(F)(F)F)cc1. The number of aliphatic hydroxyl groups is 1. The van der Waals surface area contributed by atoms with Crippen molar-refractivity contribution in [3.63, 3.8) is 0 Å². The van der Waals surface area contributed by atoms with Crippen molar-refractivity contribution in [3.8, 4) is 5.75 Å². The molecule has 0 amide bonds. The maximum Gasteiger partial charge on any atom is 0.437 e. The van der Waals surface area contributed by atoms with Gasteiger partial charge in [0.2, 0.25) is 0 Å². The van der Waals surface area contributed by atoms with Crippen molar-refractivity contribution >= 4 is 27.6 Å². The van der Waals surface area contributed by atoms with Crippen LogP contribution in [0.3, 0.4) is 0 Å². The number of oxime groups is 1. The molecule has 0 aliphatic carbocycles. The van der Waals surface area contributed by atoms with Gasteiger partial charge in [-0.05, 0) is 36.4 Å². The normalized spacial score (nSPS) is 12.9. The lowest BCUT2D eigenvalue weighted by atomic mass is 10.1. The highest BCUT2D eigenvalue weighted by Crippen LogP contribution is 2.24. The van der Waals surface area contributed by atoms with Crippen LogP contribution in [-0.2, 0) is 14.4 Å². The maximum atomic E-state index is 13.1. The molecule has 1 rings (SSSR count). The molecule has 0 saturated heterocycles. The zero-order valence-electron chi connectivity index (χ0n) is 13.3. The molecule has 0 saturated carbocycles. The quantitative estimate of drug-likeness (QED) is 0.368. The van der Waals surface area contributed by atoms with Crippen molar-refractivity contribution in [2.75, 3.05) is 31.0 Å². The third kappa shape index (κ3) is 7.97. The molecule has 0 aliphatic heterocycles. The van der Waals surface area contributed by atoms with E-state index in [9.17, 15) is 21.6 Å². The van der Waals surface area contributed by atoms with Crippen molar-refractivity contribution in [3.05, 3.63) is 29.8 Å². The smallest absolute Gasteiger partial charge is 0.437 e. The molecule has 0 heterocycles. The third-order valence-electron chi connectivity index (χ3n) is 2.80. The van der Waals surface area contributed by atoms with Crippen LogP contribution >= 0.6 is 11.8 Å². The number of thioether (sulfide) groups is 1. The van der Waals surface area contributed by atoms with Crippen molar-refractivity contribution in [2.45, 2.75) is 12.6 Å². The van der Waals surface area contributed by atoms with Gasteiger partial charge in [-0.25, -0.2) is 0 Å². The number of hydrogen-bond donors (Lipinski definition) is 1. The van der Waals surface area contributed by atoms with Crippen LogP contribution in [0.5, 0.6) is 5.75 Å². The molecule has 25 heavy (non-hydrogen) atoms. The summed E-state index contributed by atoms with van der Waals surface area (Å²) in [5, 5.41) is 11.4. The van der Waals surface area contributed by atoms with Crippen molar-refractivity contribution in [1.82, 2.24) is 0 Å². The molecule has 0 radical (unpaired) electrons. The average Bonchev–Trinajstić information content (AvgIpc) is 2.54. The standard InChI is InChI=1S/C14H18F3NO5S2/c1-22-12-5-3-11(4-6-12)13(14(15,16)17)18-23-25(20,21)10-9-24-8-2-7-19/h3-6,19H,2,7-10H2,1H3. The minimum atomic E-state index is -4.89. The van der Waals surface area contributed by atoms with Crippen molar-refractivity contribution < 1.29 is 35.7 Å². The monoisotopic (exact) mass is 401 g/mol. The first-order valence-electron chi connectivity index (χ1n) is 7.09. The van der Waals surface area contributed by atoms with E-state index in [1.165, 1.54) is 31.0 Å². The summed E-state index contributed by atoms with van der Waals surface area (Å²) in [6.45, 7) is -0.0165. The lowest BCUT2D eigenvalue weighted by molar-refractivity contribution is -0.0597. The first kappa shape index (κ1) is 21.6. The van der Waals surface area contributed by atoms with Gasteiger partial charge in [-0.15, -0.1) is 0 Å². The highest BCUT2D eigenvalue weighted by Gasteiger charge is 2.38. The van der Waals surface area contributed by atoms with Crippen molar-refractivity contribution in [2.24, 2.45) is 5.16 Å². The second kappa shape index (κ2) is 9.88. The summed E-state index contributed by atoms with van der Waals surface area (Å²) in [6.07, 6.45) is -4.39. The number of alkyl halides is 3. The van der Waals surface area contributed by atoms with Gasteiger partial charge >= 0.3 is 16.3 Å². The van der Waals surface area contributed by atoms with E-state index < -0.39 is 27.8 Å². The topological polar surface area (TPSA) is 85.2 Å². The largest absolute Gasteiger partial charge is 0.497 e. The Labute approximate surface area is 148 Å².